The maximum atomic E-state index is 12.5. The molecule has 0 saturated heterocycles. The third-order valence-corrected chi connectivity index (χ3v) is 6.63. The van der Waals surface area contributed by atoms with Gasteiger partial charge in [-0.3, -0.25) is 9.10 Å². The standard InChI is InChI=1S/C24H27ClN4O3S/c1-5-19-9-11-22(12-10-19)28(33(4,31)32)16-24(30)27-26-15-20-13-17(2)29(18(20)3)23-8-6-7-21(25)14-23/h6-15H,5,16H2,1-4H3,(H,27,30)/b26-15-. The monoisotopic (exact) mass is 486 g/mol. The molecule has 2 aromatic carbocycles. The van der Waals surface area contributed by atoms with Gasteiger partial charge in [0.1, 0.15) is 6.54 Å². The molecular formula is C24H27ClN4O3S. The zero-order valence-electron chi connectivity index (χ0n) is 19.0. The molecule has 1 N–H and O–H groups in total. The van der Waals surface area contributed by atoms with E-state index in [1.54, 1.807) is 18.3 Å². The molecule has 0 aliphatic rings. The van der Waals surface area contributed by atoms with Gasteiger partial charge in [-0.05, 0) is 62.2 Å². The van der Waals surface area contributed by atoms with Crippen LogP contribution < -0.4 is 9.73 Å². The molecule has 0 saturated carbocycles. The van der Waals surface area contributed by atoms with E-state index in [4.69, 9.17) is 11.6 Å². The number of amides is 1. The summed E-state index contributed by atoms with van der Waals surface area (Å²) in [6, 6.07) is 16.6. The van der Waals surface area contributed by atoms with E-state index < -0.39 is 15.9 Å². The van der Waals surface area contributed by atoms with Crippen LogP contribution in [0, 0.1) is 13.8 Å². The first-order chi connectivity index (χ1) is 15.6. The minimum absolute atomic E-state index is 0.372. The molecule has 1 heterocycles. The second kappa shape index (κ2) is 10.2. The summed E-state index contributed by atoms with van der Waals surface area (Å²) in [4.78, 5) is 12.5. The molecule has 3 rings (SSSR count). The third-order valence-electron chi connectivity index (χ3n) is 5.25. The quantitative estimate of drug-likeness (QED) is 0.382. The first kappa shape index (κ1) is 24.5. The number of hydrazone groups is 1. The molecule has 0 aliphatic heterocycles. The summed E-state index contributed by atoms with van der Waals surface area (Å²) in [5.74, 6) is -0.542. The predicted molar refractivity (Wildman–Crippen MR) is 134 cm³/mol. The molecule has 0 aliphatic carbocycles. The molecule has 1 aromatic heterocycles. The maximum Gasteiger partial charge on any atom is 0.260 e. The number of halogens is 1. The average Bonchev–Trinajstić information content (AvgIpc) is 3.04. The van der Waals surface area contributed by atoms with Gasteiger partial charge in [-0.2, -0.15) is 5.10 Å². The van der Waals surface area contributed by atoms with Gasteiger partial charge >= 0.3 is 0 Å². The van der Waals surface area contributed by atoms with Gasteiger partial charge in [-0.25, -0.2) is 13.8 Å². The molecule has 0 bridgehead atoms. The van der Waals surface area contributed by atoms with Gasteiger partial charge in [-0.15, -0.1) is 0 Å². The molecule has 3 aromatic rings. The second-order valence-electron chi connectivity index (χ2n) is 7.72. The Morgan fingerprint density at radius 3 is 2.45 bits per heavy atom. The molecule has 0 atom stereocenters. The van der Waals surface area contributed by atoms with Crippen LogP contribution in [0.3, 0.4) is 0 Å². The van der Waals surface area contributed by atoms with Crippen molar-refractivity contribution in [1.29, 1.82) is 0 Å². The number of carbonyl (C=O) groups excluding carboxylic acids is 1. The molecule has 0 spiro atoms. The van der Waals surface area contributed by atoms with E-state index >= 15 is 0 Å². The number of anilines is 1. The molecule has 9 heteroatoms. The number of sulfonamides is 1. The van der Waals surface area contributed by atoms with Crippen molar-refractivity contribution in [2.75, 3.05) is 17.1 Å². The molecular weight excluding hydrogens is 460 g/mol. The number of nitrogens with one attached hydrogen (secondary N) is 1. The van der Waals surface area contributed by atoms with Crippen molar-refractivity contribution in [3.8, 4) is 5.69 Å². The van der Waals surface area contributed by atoms with E-state index in [9.17, 15) is 13.2 Å². The Balaban J connectivity index is 1.73. The highest BCUT2D eigenvalue weighted by Gasteiger charge is 2.20. The highest BCUT2D eigenvalue weighted by molar-refractivity contribution is 7.92. The summed E-state index contributed by atoms with van der Waals surface area (Å²) in [6.45, 7) is 5.56. The SMILES string of the molecule is CCc1ccc(N(CC(=O)N/N=C\c2cc(C)n(-c3cccc(Cl)c3)c2C)S(C)(=O)=O)cc1. The fourth-order valence-electron chi connectivity index (χ4n) is 3.57. The number of rotatable bonds is 8. The largest absolute Gasteiger partial charge is 0.318 e. The number of hydrogen-bond donors (Lipinski definition) is 1. The van der Waals surface area contributed by atoms with E-state index in [1.807, 2.05) is 67.8 Å². The topological polar surface area (TPSA) is 83.8 Å². The van der Waals surface area contributed by atoms with Gasteiger partial charge in [0.15, 0.2) is 0 Å². The van der Waals surface area contributed by atoms with Crippen LogP contribution in [0.15, 0.2) is 59.7 Å². The van der Waals surface area contributed by atoms with E-state index in [-0.39, 0.29) is 6.54 Å². The van der Waals surface area contributed by atoms with Gasteiger partial charge in [0.25, 0.3) is 5.91 Å². The molecule has 33 heavy (non-hydrogen) atoms. The predicted octanol–water partition coefficient (Wildman–Crippen LogP) is 4.23. The van der Waals surface area contributed by atoms with E-state index in [0.717, 1.165) is 45.2 Å². The summed E-state index contributed by atoms with van der Waals surface area (Å²) >= 11 is 6.12. The van der Waals surface area contributed by atoms with Crippen LogP contribution in [0.4, 0.5) is 5.69 Å². The number of carbonyl (C=O) groups is 1. The summed E-state index contributed by atoms with van der Waals surface area (Å²) < 4.78 is 27.6. The molecule has 7 nitrogen and oxygen atoms in total. The lowest BCUT2D eigenvalue weighted by atomic mass is 10.1. The Hall–Kier alpha value is -3.10. The van der Waals surface area contributed by atoms with Crippen LogP contribution in [0.2, 0.25) is 5.02 Å². The van der Waals surface area contributed by atoms with E-state index in [1.165, 1.54) is 0 Å². The molecule has 0 fully saturated rings. The Morgan fingerprint density at radius 1 is 1.15 bits per heavy atom. The minimum Gasteiger partial charge on any atom is -0.318 e. The number of hydrogen-bond acceptors (Lipinski definition) is 4. The molecule has 1 amide bonds. The van der Waals surface area contributed by atoms with Crippen LogP contribution >= 0.6 is 11.6 Å². The summed E-state index contributed by atoms with van der Waals surface area (Å²) in [7, 11) is -3.65. The van der Waals surface area contributed by atoms with Crippen molar-refractivity contribution in [2.24, 2.45) is 5.10 Å². The van der Waals surface area contributed by atoms with Crippen LogP contribution in [-0.4, -0.2) is 37.9 Å². The number of aryl methyl sites for hydroxylation is 2. The molecule has 0 radical (unpaired) electrons. The van der Waals surface area contributed by atoms with E-state index in [0.29, 0.717) is 10.7 Å². The van der Waals surface area contributed by atoms with Crippen molar-refractivity contribution in [2.45, 2.75) is 27.2 Å². The Kier molecular flexibility index (Phi) is 7.61. The summed E-state index contributed by atoms with van der Waals surface area (Å²) in [6.07, 6.45) is 3.45. The van der Waals surface area contributed by atoms with Crippen LogP contribution in [0.1, 0.15) is 29.4 Å². The number of aromatic nitrogens is 1. The minimum atomic E-state index is -3.65. The lowest BCUT2D eigenvalue weighted by molar-refractivity contribution is -0.119. The normalized spacial score (nSPS) is 11.7. The van der Waals surface area contributed by atoms with Gasteiger partial charge in [0.2, 0.25) is 10.0 Å². The van der Waals surface area contributed by atoms with Crippen molar-refractivity contribution >= 4 is 39.4 Å². The summed E-state index contributed by atoms with van der Waals surface area (Å²) in [5, 5.41) is 4.68. The van der Waals surface area contributed by atoms with Crippen molar-refractivity contribution in [3.05, 3.63) is 82.1 Å². The first-order valence-corrected chi connectivity index (χ1v) is 12.7. The Morgan fingerprint density at radius 2 is 1.85 bits per heavy atom. The zero-order valence-corrected chi connectivity index (χ0v) is 20.6. The molecule has 0 unspecified atom stereocenters. The zero-order chi connectivity index (χ0) is 24.2. The number of nitrogens with zero attached hydrogens (tertiary/aromatic N) is 3. The van der Waals surface area contributed by atoms with E-state index in [2.05, 4.69) is 10.5 Å². The van der Waals surface area contributed by atoms with Gasteiger partial charge in [0.05, 0.1) is 18.2 Å². The first-order valence-electron chi connectivity index (χ1n) is 10.4. The number of benzene rings is 2. The highest BCUT2D eigenvalue weighted by atomic mass is 35.5. The lowest BCUT2D eigenvalue weighted by Gasteiger charge is -2.21. The highest BCUT2D eigenvalue weighted by Crippen LogP contribution is 2.22. The fourth-order valence-corrected chi connectivity index (χ4v) is 4.61. The average molecular weight is 487 g/mol. The van der Waals surface area contributed by atoms with Crippen molar-refractivity contribution in [3.63, 3.8) is 0 Å². The van der Waals surface area contributed by atoms with Crippen LogP contribution in [0.5, 0.6) is 0 Å². The lowest BCUT2D eigenvalue weighted by Crippen LogP contribution is -2.39. The summed E-state index contributed by atoms with van der Waals surface area (Å²) in [5.41, 5.74) is 7.61. The van der Waals surface area contributed by atoms with Crippen molar-refractivity contribution in [1.82, 2.24) is 9.99 Å². The van der Waals surface area contributed by atoms with Gasteiger partial charge in [0, 0.05) is 27.7 Å². The maximum absolute atomic E-state index is 12.5. The van der Waals surface area contributed by atoms with Gasteiger partial charge < -0.3 is 4.57 Å². The van der Waals surface area contributed by atoms with Crippen LogP contribution in [0.25, 0.3) is 5.69 Å². The molecule has 174 valence electrons. The second-order valence-corrected chi connectivity index (χ2v) is 10.1. The third kappa shape index (κ3) is 6.03. The Bertz CT molecular complexity index is 1280. The van der Waals surface area contributed by atoms with Gasteiger partial charge in [-0.1, -0.05) is 36.7 Å². The fraction of sp³-hybridized carbons (Fsp3) is 0.250. The smallest absolute Gasteiger partial charge is 0.260 e. The van der Waals surface area contributed by atoms with Crippen molar-refractivity contribution < 1.29 is 13.2 Å². The van der Waals surface area contributed by atoms with Crippen LogP contribution in [-0.2, 0) is 21.2 Å². The Labute approximate surface area is 199 Å².